The average Bonchev–Trinajstić information content (AvgIpc) is 2.73. The van der Waals surface area contributed by atoms with Crippen LogP contribution >= 0.6 is 0 Å². The summed E-state index contributed by atoms with van der Waals surface area (Å²) >= 11 is 0. The van der Waals surface area contributed by atoms with E-state index in [0.29, 0.717) is 12.0 Å². The van der Waals surface area contributed by atoms with Crippen LogP contribution in [0.15, 0.2) is 0 Å². The van der Waals surface area contributed by atoms with Crippen molar-refractivity contribution in [1.82, 2.24) is 0 Å². The third-order valence-electron chi connectivity index (χ3n) is 2.54. The summed E-state index contributed by atoms with van der Waals surface area (Å²) in [6.07, 6.45) is 3.14. The molecule has 1 aliphatic heterocycles. The van der Waals surface area contributed by atoms with Crippen LogP contribution in [0, 0.1) is 11.8 Å². The summed E-state index contributed by atoms with van der Waals surface area (Å²) < 4.78 is 11.0. The third-order valence-corrected chi connectivity index (χ3v) is 2.54. The van der Waals surface area contributed by atoms with Crippen LogP contribution in [0.3, 0.4) is 0 Å². The van der Waals surface area contributed by atoms with E-state index in [1.807, 2.05) is 0 Å². The highest BCUT2D eigenvalue weighted by Crippen LogP contribution is 2.30. The Morgan fingerprint density at radius 1 is 1.36 bits per heavy atom. The van der Waals surface area contributed by atoms with E-state index in [2.05, 4.69) is 6.92 Å². The molecule has 0 bridgehead atoms. The van der Waals surface area contributed by atoms with Crippen LogP contribution in [0.4, 0.5) is 0 Å². The van der Waals surface area contributed by atoms with Crippen LogP contribution < -0.4 is 0 Å². The topological polar surface area (TPSA) is 18.5 Å². The van der Waals surface area contributed by atoms with Gasteiger partial charge in [-0.05, 0) is 18.8 Å². The maximum atomic E-state index is 5.71. The Kier molecular flexibility index (Phi) is 2.14. The zero-order valence-electron chi connectivity index (χ0n) is 7.08. The standard InChI is InChI=1S/C9H16O2/c1-7-4-10-6-9(7)11-5-8-2-3-8/h7-9H,2-6H2,1H3/t7-,9+/m1/s1. The van der Waals surface area contributed by atoms with Crippen molar-refractivity contribution in [2.75, 3.05) is 19.8 Å². The maximum absolute atomic E-state index is 5.71. The van der Waals surface area contributed by atoms with Crippen molar-refractivity contribution < 1.29 is 9.47 Å². The van der Waals surface area contributed by atoms with Crippen molar-refractivity contribution in [3.05, 3.63) is 0 Å². The number of hydrogen-bond acceptors (Lipinski definition) is 2. The first-order chi connectivity index (χ1) is 5.36. The third kappa shape index (κ3) is 1.94. The van der Waals surface area contributed by atoms with Gasteiger partial charge in [0.25, 0.3) is 0 Å². The summed E-state index contributed by atoms with van der Waals surface area (Å²) in [5, 5.41) is 0. The van der Waals surface area contributed by atoms with Crippen LogP contribution in [0.1, 0.15) is 19.8 Å². The van der Waals surface area contributed by atoms with E-state index in [0.717, 1.165) is 25.7 Å². The molecule has 1 heterocycles. The van der Waals surface area contributed by atoms with E-state index in [9.17, 15) is 0 Å². The van der Waals surface area contributed by atoms with E-state index < -0.39 is 0 Å². The Bertz CT molecular complexity index is 132. The molecule has 0 radical (unpaired) electrons. The first-order valence-electron chi connectivity index (χ1n) is 4.55. The molecule has 0 unspecified atom stereocenters. The Morgan fingerprint density at radius 2 is 2.18 bits per heavy atom. The fourth-order valence-corrected chi connectivity index (χ4v) is 1.40. The van der Waals surface area contributed by atoms with Crippen molar-refractivity contribution in [1.29, 1.82) is 0 Å². The Balaban J connectivity index is 1.67. The molecule has 2 aliphatic rings. The molecule has 11 heavy (non-hydrogen) atoms. The largest absolute Gasteiger partial charge is 0.378 e. The fourth-order valence-electron chi connectivity index (χ4n) is 1.40. The number of rotatable bonds is 3. The molecule has 1 saturated carbocycles. The second-order valence-electron chi connectivity index (χ2n) is 3.83. The molecule has 1 aliphatic carbocycles. The molecule has 0 amide bonds. The second kappa shape index (κ2) is 3.11. The lowest BCUT2D eigenvalue weighted by Crippen LogP contribution is -2.20. The van der Waals surface area contributed by atoms with E-state index in [-0.39, 0.29) is 0 Å². The summed E-state index contributed by atoms with van der Waals surface area (Å²) in [5.74, 6) is 1.48. The van der Waals surface area contributed by atoms with Crippen LogP contribution in [0.25, 0.3) is 0 Å². The van der Waals surface area contributed by atoms with Gasteiger partial charge >= 0.3 is 0 Å². The van der Waals surface area contributed by atoms with E-state index in [1.54, 1.807) is 0 Å². The Morgan fingerprint density at radius 3 is 2.73 bits per heavy atom. The highest BCUT2D eigenvalue weighted by molar-refractivity contribution is 4.76. The molecule has 0 aromatic heterocycles. The second-order valence-corrected chi connectivity index (χ2v) is 3.83. The molecule has 1 saturated heterocycles. The van der Waals surface area contributed by atoms with Gasteiger partial charge in [-0.3, -0.25) is 0 Å². The molecule has 2 atom stereocenters. The van der Waals surface area contributed by atoms with Crippen molar-refractivity contribution in [3.63, 3.8) is 0 Å². The van der Waals surface area contributed by atoms with Crippen LogP contribution in [-0.2, 0) is 9.47 Å². The van der Waals surface area contributed by atoms with Gasteiger partial charge in [-0.2, -0.15) is 0 Å². The molecule has 0 N–H and O–H groups in total. The molecule has 2 fully saturated rings. The lowest BCUT2D eigenvalue weighted by Gasteiger charge is -2.13. The highest BCUT2D eigenvalue weighted by atomic mass is 16.5. The number of ether oxygens (including phenoxy) is 2. The number of hydrogen-bond donors (Lipinski definition) is 0. The Labute approximate surface area is 67.9 Å². The summed E-state index contributed by atoms with van der Waals surface area (Å²) in [6.45, 7) is 4.87. The van der Waals surface area contributed by atoms with Crippen LogP contribution in [-0.4, -0.2) is 25.9 Å². The van der Waals surface area contributed by atoms with Gasteiger partial charge in [-0.1, -0.05) is 6.92 Å². The predicted molar refractivity (Wildman–Crippen MR) is 42.4 cm³/mol. The van der Waals surface area contributed by atoms with Crippen LogP contribution in [0.5, 0.6) is 0 Å². The summed E-state index contributed by atoms with van der Waals surface area (Å²) in [6, 6.07) is 0. The predicted octanol–water partition coefficient (Wildman–Crippen LogP) is 1.45. The zero-order chi connectivity index (χ0) is 7.68. The first-order valence-corrected chi connectivity index (χ1v) is 4.55. The summed E-state index contributed by atoms with van der Waals surface area (Å²) in [5.41, 5.74) is 0. The van der Waals surface area contributed by atoms with Gasteiger partial charge in [0.1, 0.15) is 0 Å². The monoisotopic (exact) mass is 156 g/mol. The molecular weight excluding hydrogens is 140 g/mol. The van der Waals surface area contributed by atoms with Gasteiger partial charge in [0.15, 0.2) is 0 Å². The lowest BCUT2D eigenvalue weighted by molar-refractivity contribution is 0.0228. The van der Waals surface area contributed by atoms with Gasteiger partial charge in [0.05, 0.1) is 19.3 Å². The van der Waals surface area contributed by atoms with Gasteiger partial charge in [0.2, 0.25) is 0 Å². The minimum atomic E-state index is 0.385. The fraction of sp³-hybridized carbons (Fsp3) is 1.00. The van der Waals surface area contributed by atoms with Crippen LogP contribution in [0.2, 0.25) is 0 Å². The van der Waals surface area contributed by atoms with Crippen molar-refractivity contribution >= 4 is 0 Å². The highest BCUT2D eigenvalue weighted by Gasteiger charge is 2.28. The molecular formula is C9H16O2. The molecule has 0 aromatic rings. The maximum Gasteiger partial charge on any atom is 0.0855 e. The quantitative estimate of drug-likeness (QED) is 0.615. The minimum Gasteiger partial charge on any atom is -0.378 e. The molecule has 2 rings (SSSR count). The van der Waals surface area contributed by atoms with Gasteiger partial charge in [0, 0.05) is 12.5 Å². The normalized spacial score (nSPS) is 37.9. The van der Waals surface area contributed by atoms with E-state index in [4.69, 9.17) is 9.47 Å². The minimum absolute atomic E-state index is 0.385. The van der Waals surface area contributed by atoms with Gasteiger partial charge in [-0.15, -0.1) is 0 Å². The van der Waals surface area contributed by atoms with E-state index in [1.165, 1.54) is 12.8 Å². The molecule has 2 heteroatoms. The first kappa shape index (κ1) is 7.56. The van der Waals surface area contributed by atoms with Crippen molar-refractivity contribution in [3.8, 4) is 0 Å². The lowest BCUT2D eigenvalue weighted by atomic mass is 10.1. The summed E-state index contributed by atoms with van der Waals surface area (Å²) in [7, 11) is 0. The molecule has 2 nitrogen and oxygen atoms in total. The molecule has 0 aromatic carbocycles. The Hall–Kier alpha value is -0.0800. The van der Waals surface area contributed by atoms with E-state index >= 15 is 0 Å². The summed E-state index contributed by atoms with van der Waals surface area (Å²) in [4.78, 5) is 0. The molecule has 64 valence electrons. The average molecular weight is 156 g/mol. The van der Waals surface area contributed by atoms with Crippen molar-refractivity contribution in [2.24, 2.45) is 11.8 Å². The zero-order valence-corrected chi connectivity index (χ0v) is 7.08. The smallest absolute Gasteiger partial charge is 0.0855 e. The van der Waals surface area contributed by atoms with Crippen molar-refractivity contribution in [2.45, 2.75) is 25.9 Å². The SMILES string of the molecule is C[C@@H]1COC[C@@H]1OCC1CC1. The van der Waals surface area contributed by atoms with Gasteiger partial charge in [-0.25, -0.2) is 0 Å². The van der Waals surface area contributed by atoms with Gasteiger partial charge < -0.3 is 9.47 Å². The molecule has 0 spiro atoms.